The summed E-state index contributed by atoms with van der Waals surface area (Å²) in [7, 11) is 0. The second kappa shape index (κ2) is 7.24. The van der Waals surface area contributed by atoms with Gasteiger partial charge in [0.05, 0.1) is 13.2 Å². The lowest BCUT2D eigenvalue weighted by Crippen LogP contribution is -2.49. The van der Waals surface area contributed by atoms with Gasteiger partial charge in [0, 0.05) is 19.6 Å². The minimum atomic E-state index is -0.485. The van der Waals surface area contributed by atoms with E-state index in [-0.39, 0.29) is 18.4 Å². The number of hydrogen-bond donors (Lipinski definition) is 3. The summed E-state index contributed by atoms with van der Waals surface area (Å²) in [5, 5.41) is 8.35. The van der Waals surface area contributed by atoms with E-state index in [1.54, 1.807) is 0 Å². The lowest BCUT2D eigenvalue weighted by Gasteiger charge is -2.22. The summed E-state index contributed by atoms with van der Waals surface area (Å²) >= 11 is 0. The molecule has 3 N–H and O–H groups in total. The third-order valence-corrected chi connectivity index (χ3v) is 2.35. The van der Waals surface area contributed by atoms with Gasteiger partial charge in [-0.25, -0.2) is 0 Å². The van der Waals surface area contributed by atoms with Gasteiger partial charge in [-0.2, -0.15) is 0 Å². The maximum Gasteiger partial charge on any atom is 0.250 e. The fourth-order valence-electron chi connectivity index (χ4n) is 1.40. The third-order valence-electron chi connectivity index (χ3n) is 2.35. The molecule has 6 nitrogen and oxygen atoms in total. The average Bonchev–Trinajstić information content (AvgIpc) is 2.34. The van der Waals surface area contributed by atoms with Gasteiger partial charge in [-0.15, -0.1) is 0 Å². The summed E-state index contributed by atoms with van der Waals surface area (Å²) in [4.78, 5) is 22.9. The molecule has 1 unspecified atom stereocenters. The van der Waals surface area contributed by atoms with Crippen LogP contribution in [0.15, 0.2) is 0 Å². The van der Waals surface area contributed by atoms with Crippen molar-refractivity contribution in [2.75, 3.05) is 32.8 Å². The van der Waals surface area contributed by atoms with E-state index in [1.165, 1.54) is 0 Å². The van der Waals surface area contributed by atoms with Gasteiger partial charge in [0.15, 0.2) is 0 Å². The van der Waals surface area contributed by atoms with Gasteiger partial charge in [-0.1, -0.05) is 13.8 Å². The molecule has 17 heavy (non-hydrogen) atoms. The van der Waals surface area contributed by atoms with Crippen molar-refractivity contribution >= 4 is 11.8 Å². The second-order valence-electron chi connectivity index (χ2n) is 4.48. The molecule has 6 heteroatoms. The van der Waals surface area contributed by atoms with Crippen LogP contribution < -0.4 is 16.0 Å². The normalized spacial score (nSPS) is 20.1. The molecule has 0 radical (unpaired) electrons. The molecule has 1 aliphatic heterocycles. The Morgan fingerprint density at radius 1 is 1.41 bits per heavy atom. The van der Waals surface area contributed by atoms with E-state index in [4.69, 9.17) is 4.74 Å². The van der Waals surface area contributed by atoms with Crippen LogP contribution in [0, 0.1) is 5.92 Å². The molecule has 1 heterocycles. The Hall–Kier alpha value is -1.14. The Kier molecular flexibility index (Phi) is 5.93. The molecule has 0 aromatic heterocycles. The molecule has 1 aliphatic rings. The first-order valence-corrected chi connectivity index (χ1v) is 5.96. The second-order valence-corrected chi connectivity index (χ2v) is 4.48. The highest BCUT2D eigenvalue weighted by atomic mass is 16.5. The highest BCUT2D eigenvalue weighted by Gasteiger charge is 2.21. The van der Waals surface area contributed by atoms with E-state index in [2.05, 4.69) is 16.0 Å². The predicted molar refractivity (Wildman–Crippen MR) is 63.5 cm³/mol. The molecule has 2 amide bonds. The quantitative estimate of drug-likeness (QED) is 0.570. The number of hydrogen-bond acceptors (Lipinski definition) is 4. The molecule has 0 aromatic carbocycles. The number of nitrogens with one attached hydrogen (secondary N) is 3. The smallest absolute Gasteiger partial charge is 0.250 e. The standard InChI is InChI=1S/C11H21N3O3/c1-8(2)5-13-10(15)7-14-11(16)9-6-12-3-4-17-9/h8-9,12H,3-7H2,1-2H3,(H,13,15)(H,14,16). The van der Waals surface area contributed by atoms with Gasteiger partial charge in [0.25, 0.3) is 5.91 Å². The van der Waals surface area contributed by atoms with Gasteiger partial charge >= 0.3 is 0 Å². The Morgan fingerprint density at radius 3 is 2.76 bits per heavy atom. The number of carbonyl (C=O) groups excluding carboxylic acids is 2. The molecule has 0 saturated carbocycles. The van der Waals surface area contributed by atoms with Crippen molar-refractivity contribution in [3.05, 3.63) is 0 Å². The maximum absolute atomic E-state index is 11.6. The Labute approximate surface area is 101 Å². The van der Waals surface area contributed by atoms with Crippen LogP contribution in [0.25, 0.3) is 0 Å². The van der Waals surface area contributed by atoms with Crippen molar-refractivity contribution in [1.82, 2.24) is 16.0 Å². The lowest BCUT2D eigenvalue weighted by atomic mass is 10.2. The van der Waals surface area contributed by atoms with Crippen LogP contribution in [0.4, 0.5) is 0 Å². The zero-order valence-corrected chi connectivity index (χ0v) is 10.4. The average molecular weight is 243 g/mol. The fourth-order valence-corrected chi connectivity index (χ4v) is 1.40. The molecule has 1 fully saturated rings. The molecule has 1 saturated heterocycles. The lowest BCUT2D eigenvalue weighted by molar-refractivity contribution is -0.136. The van der Waals surface area contributed by atoms with E-state index in [1.807, 2.05) is 13.8 Å². The molecule has 0 spiro atoms. The van der Waals surface area contributed by atoms with Crippen LogP contribution in [-0.4, -0.2) is 50.7 Å². The highest BCUT2D eigenvalue weighted by molar-refractivity contribution is 5.87. The maximum atomic E-state index is 11.6. The van der Waals surface area contributed by atoms with Crippen LogP contribution in [0.1, 0.15) is 13.8 Å². The Balaban J connectivity index is 2.16. The third kappa shape index (κ3) is 5.65. The van der Waals surface area contributed by atoms with Gasteiger partial charge in [-0.05, 0) is 5.92 Å². The van der Waals surface area contributed by atoms with Gasteiger partial charge < -0.3 is 20.7 Å². The summed E-state index contributed by atoms with van der Waals surface area (Å²) in [6.07, 6.45) is -0.485. The monoisotopic (exact) mass is 243 g/mol. The molecule has 1 atom stereocenters. The minimum absolute atomic E-state index is 0.00537. The van der Waals surface area contributed by atoms with E-state index in [0.29, 0.717) is 25.6 Å². The Bertz CT molecular complexity index is 263. The fraction of sp³-hybridized carbons (Fsp3) is 0.818. The molecule has 0 bridgehead atoms. The van der Waals surface area contributed by atoms with Crippen molar-refractivity contribution in [3.63, 3.8) is 0 Å². The first-order valence-electron chi connectivity index (χ1n) is 5.96. The van der Waals surface area contributed by atoms with Crippen molar-refractivity contribution < 1.29 is 14.3 Å². The Morgan fingerprint density at radius 2 is 2.18 bits per heavy atom. The summed E-state index contributed by atoms with van der Waals surface area (Å²) < 4.78 is 5.26. The SMILES string of the molecule is CC(C)CNC(=O)CNC(=O)C1CNCCO1. The van der Waals surface area contributed by atoms with E-state index < -0.39 is 6.10 Å². The highest BCUT2D eigenvalue weighted by Crippen LogP contribution is 1.95. The van der Waals surface area contributed by atoms with Crippen LogP contribution in [0.2, 0.25) is 0 Å². The minimum Gasteiger partial charge on any atom is -0.366 e. The van der Waals surface area contributed by atoms with Crippen molar-refractivity contribution in [2.24, 2.45) is 5.92 Å². The van der Waals surface area contributed by atoms with Gasteiger partial charge in [-0.3, -0.25) is 9.59 Å². The van der Waals surface area contributed by atoms with Crippen molar-refractivity contribution in [2.45, 2.75) is 20.0 Å². The largest absolute Gasteiger partial charge is 0.366 e. The molecule has 98 valence electrons. The van der Waals surface area contributed by atoms with E-state index in [0.717, 1.165) is 6.54 Å². The van der Waals surface area contributed by atoms with Gasteiger partial charge in [0.1, 0.15) is 6.10 Å². The van der Waals surface area contributed by atoms with Gasteiger partial charge in [0.2, 0.25) is 5.91 Å². The van der Waals surface area contributed by atoms with Crippen molar-refractivity contribution in [3.8, 4) is 0 Å². The molecular formula is C11H21N3O3. The number of ether oxygens (including phenoxy) is 1. The van der Waals surface area contributed by atoms with E-state index in [9.17, 15) is 9.59 Å². The molecular weight excluding hydrogens is 222 g/mol. The van der Waals surface area contributed by atoms with Crippen LogP contribution in [0.3, 0.4) is 0 Å². The molecule has 0 aliphatic carbocycles. The zero-order chi connectivity index (χ0) is 12.7. The summed E-state index contributed by atoms with van der Waals surface area (Å²) in [6, 6.07) is 0. The number of amides is 2. The first kappa shape index (κ1) is 13.9. The summed E-state index contributed by atoms with van der Waals surface area (Å²) in [5.41, 5.74) is 0. The summed E-state index contributed by atoms with van der Waals surface area (Å²) in [6.45, 7) is 6.44. The topological polar surface area (TPSA) is 79.5 Å². The summed E-state index contributed by atoms with van der Waals surface area (Å²) in [5.74, 6) is -0.00625. The van der Waals surface area contributed by atoms with E-state index >= 15 is 0 Å². The number of morpholine rings is 1. The van der Waals surface area contributed by atoms with Crippen LogP contribution in [0.5, 0.6) is 0 Å². The number of carbonyl (C=O) groups is 2. The number of rotatable bonds is 5. The van der Waals surface area contributed by atoms with Crippen LogP contribution in [-0.2, 0) is 14.3 Å². The zero-order valence-electron chi connectivity index (χ0n) is 10.4. The predicted octanol–water partition coefficient (Wildman–Crippen LogP) is -1.14. The molecule has 1 rings (SSSR count). The first-order chi connectivity index (χ1) is 8.09. The van der Waals surface area contributed by atoms with Crippen molar-refractivity contribution in [1.29, 1.82) is 0 Å². The molecule has 0 aromatic rings. The van der Waals surface area contributed by atoms with Crippen LogP contribution >= 0.6 is 0 Å².